The number of carbonyl (C=O) groups is 1. The van der Waals surface area contributed by atoms with Gasteiger partial charge in [0, 0.05) is 12.1 Å². The van der Waals surface area contributed by atoms with Crippen molar-refractivity contribution in [1.82, 2.24) is 0 Å². The van der Waals surface area contributed by atoms with Crippen LogP contribution < -0.4 is 19.6 Å². The highest BCUT2D eigenvalue weighted by Gasteiger charge is 2.15. The number of ether oxygens (including phenoxy) is 4. The number of hydrogen-bond acceptors (Lipinski definition) is 7. The van der Waals surface area contributed by atoms with E-state index in [4.69, 9.17) is 18.6 Å². The summed E-state index contributed by atoms with van der Waals surface area (Å²) in [7, 11) is 2.83. The van der Waals surface area contributed by atoms with E-state index in [-0.39, 0.29) is 17.8 Å². The van der Waals surface area contributed by atoms with Crippen molar-refractivity contribution in [2.24, 2.45) is 0 Å². The molecule has 0 aliphatic carbocycles. The van der Waals surface area contributed by atoms with E-state index in [2.05, 4.69) is 4.74 Å². The first-order chi connectivity index (χ1) is 13.0. The fraction of sp³-hybridized carbons (Fsp3) is 0.200. The van der Waals surface area contributed by atoms with Crippen LogP contribution in [0.5, 0.6) is 23.0 Å². The van der Waals surface area contributed by atoms with Crippen LogP contribution in [-0.4, -0.2) is 26.8 Å². The molecular formula is C20H18O7. The second kappa shape index (κ2) is 7.82. The van der Waals surface area contributed by atoms with Crippen LogP contribution in [0.3, 0.4) is 0 Å². The molecule has 0 fully saturated rings. The average molecular weight is 370 g/mol. The summed E-state index contributed by atoms with van der Waals surface area (Å²) in [5, 5.41) is 0.337. The maximum Gasteiger partial charge on any atom is 0.343 e. The first kappa shape index (κ1) is 18.3. The summed E-state index contributed by atoms with van der Waals surface area (Å²) in [5.74, 6) is 1.37. The summed E-state index contributed by atoms with van der Waals surface area (Å²) in [4.78, 5) is 24.0. The Hall–Kier alpha value is -3.48. The maximum absolute atomic E-state index is 12.8. The lowest BCUT2D eigenvalue weighted by molar-refractivity contribution is -0.142. The predicted octanol–water partition coefficient (Wildman–Crippen LogP) is 3.45. The Bertz CT molecular complexity index is 1040. The highest BCUT2D eigenvalue weighted by molar-refractivity contribution is 5.80. The third-order valence-corrected chi connectivity index (χ3v) is 3.83. The number of aryl methyl sites for hydroxylation is 1. The SMILES string of the molecule is COC(=O)COc1ccc2c(=O)c(Oc3cccc(OC)c3)c(C)oc2c1. The summed E-state index contributed by atoms with van der Waals surface area (Å²) < 4.78 is 26.5. The summed E-state index contributed by atoms with van der Waals surface area (Å²) in [6, 6.07) is 11.6. The Balaban J connectivity index is 1.93. The molecule has 1 aromatic heterocycles. The molecule has 0 spiro atoms. The summed E-state index contributed by atoms with van der Waals surface area (Å²) in [6.45, 7) is 1.40. The van der Waals surface area contributed by atoms with Crippen molar-refractivity contribution in [2.45, 2.75) is 6.92 Å². The van der Waals surface area contributed by atoms with Crippen LogP contribution in [0.2, 0.25) is 0 Å². The zero-order chi connectivity index (χ0) is 19.4. The van der Waals surface area contributed by atoms with Gasteiger partial charge in [0.2, 0.25) is 11.2 Å². The third kappa shape index (κ3) is 4.03. The zero-order valence-corrected chi connectivity index (χ0v) is 15.1. The van der Waals surface area contributed by atoms with Crippen LogP contribution in [0.4, 0.5) is 0 Å². The monoisotopic (exact) mass is 370 g/mol. The van der Waals surface area contributed by atoms with Gasteiger partial charge in [-0.25, -0.2) is 4.79 Å². The molecule has 3 aromatic rings. The maximum atomic E-state index is 12.8. The van der Waals surface area contributed by atoms with Gasteiger partial charge in [-0.1, -0.05) is 6.07 Å². The van der Waals surface area contributed by atoms with Gasteiger partial charge >= 0.3 is 5.97 Å². The van der Waals surface area contributed by atoms with Crippen LogP contribution in [0.25, 0.3) is 11.0 Å². The Morgan fingerprint density at radius 3 is 2.56 bits per heavy atom. The molecule has 0 N–H and O–H groups in total. The highest BCUT2D eigenvalue weighted by Crippen LogP contribution is 2.28. The first-order valence-corrected chi connectivity index (χ1v) is 8.11. The summed E-state index contributed by atoms with van der Waals surface area (Å²) in [6.07, 6.45) is 0. The van der Waals surface area contributed by atoms with Gasteiger partial charge in [0.1, 0.15) is 28.6 Å². The Kier molecular flexibility index (Phi) is 5.30. The van der Waals surface area contributed by atoms with Crippen molar-refractivity contribution in [2.75, 3.05) is 20.8 Å². The molecule has 0 radical (unpaired) electrons. The van der Waals surface area contributed by atoms with E-state index in [0.717, 1.165) is 0 Å². The zero-order valence-electron chi connectivity index (χ0n) is 15.1. The molecule has 0 saturated heterocycles. The molecule has 140 valence electrons. The molecule has 27 heavy (non-hydrogen) atoms. The van der Waals surface area contributed by atoms with Gasteiger partial charge in [0.25, 0.3) is 0 Å². The van der Waals surface area contributed by atoms with E-state index in [9.17, 15) is 9.59 Å². The second-order valence-corrected chi connectivity index (χ2v) is 5.62. The standard InChI is InChI=1S/C20H18O7/c1-12-20(27-15-6-4-5-13(9-15)23-2)19(22)16-8-7-14(10-17(16)26-12)25-11-18(21)24-3/h4-10H,11H2,1-3H3. The minimum absolute atomic E-state index is 0.0963. The van der Waals surface area contributed by atoms with Crippen molar-refractivity contribution in [1.29, 1.82) is 0 Å². The number of methoxy groups -OCH3 is 2. The van der Waals surface area contributed by atoms with E-state index >= 15 is 0 Å². The summed E-state index contributed by atoms with van der Waals surface area (Å²) in [5.41, 5.74) is 0.0222. The van der Waals surface area contributed by atoms with Crippen LogP contribution in [0.15, 0.2) is 51.7 Å². The lowest BCUT2D eigenvalue weighted by Gasteiger charge is -2.10. The van der Waals surface area contributed by atoms with Gasteiger partial charge in [0.05, 0.1) is 19.6 Å². The number of esters is 1. The number of carbonyl (C=O) groups excluding carboxylic acids is 1. The van der Waals surface area contributed by atoms with Gasteiger partial charge in [-0.05, 0) is 31.2 Å². The van der Waals surface area contributed by atoms with Crippen molar-refractivity contribution in [3.8, 4) is 23.0 Å². The topological polar surface area (TPSA) is 84.2 Å². The van der Waals surface area contributed by atoms with Gasteiger partial charge in [-0.3, -0.25) is 4.79 Å². The van der Waals surface area contributed by atoms with Crippen LogP contribution in [0.1, 0.15) is 5.76 Å². The van der Waals surface area contributed by atoms with Gasteiger partial charge in [-0.15, -0.1) is 0 Å². The third-order valence-electron chi connectivity index (χ3n) is 3.83. The normalized spacial score (nSPS) is 10.5. The Morgan fingerprint density at radius 1 is 1.04 bits per heavy atom. The van der Waals surface area contributed by atoms with Gasteiger partial charge in [0.15, 0.2) is 6.61 Å². The van der Waals surface area contributed by atoms with Gasteiger partial charge in [-0.2, -0.15) is 0 Å². The van der Waals surface area contributed by atoms with E-state index in [1.165, 1.54) is 7.11 Å². The number of hydrogen-bond donors (Lipinski definition) is 0. The summed E-state index contributed by atoms with van der Waals surface area (Å²) >= 11 is 0. The molecule has 0 bridgehead atoms. The molecule has 3 rings (SSSR count). The molecule has 2 aromatic carbocycles. The smallest absolute Gasteiger partial charge is 0.343 e. The lowest BCUT2D eigenvalue weighted by Crippen LogP contribution is -2.12. The molecule has 7 nitrogen and oxygen atoms in total. The molecule has 0 aliphatic heterocycles. The molecule has 0 saturated carbocycles. The predicted molar refractivity (Wildman–Crippen MR) is 97.8 cm³/mol. The quantitative estimate of drug-likeness (QED) is 0.614. The van der Waals surface area contributed by atoms with E-state index in [1.54, 1.807) is 56.5 Å². The second-order valence-electron chi connectivity index (χ2n) is 5.62. The number of fused-ring (bicyclic) bond motifs is 1. The Labute approximate surface area is 155 Å². The highest BCUT2D eigenvalue weighted by atomic mass is 16.6. The van der Waals surface area contributed by atoms with Crippen LogP contribution in [0, 0.1) is 6.92 Å². The average Bonchev–Trinajstić information content (AvgIpc) is 2.69. The molecule has 0 atom stereocenters. The molecule has 0 unspecified atom stereocenters. The van der Waals surface area contributed by atoms with Crippen molar-refractivity contribution >= 4 is 16.9 Å². The molecule has 1 heterocycles. The van der Waals surface area contributed by atoms with Crippen molar-refractivity contribution in [3.05, 3.63) is 58.4 Å². The largest absolute Gasteiger partial charge is 0.497 e. The van der Waals surface area contributed by atoms with Crippen LogP contribution in [-0.2, 0) is 9.53 Å². The van der Waals surface area contributed by atoms with E-state index < -0.39 is 5.97 Å². The Morgan fingerprint density at radius 2 is 1.81 bits per heavy atom. The fourth-order valence-electron chi connectivity index (χ4n) is 2.46. The molecule has 0 amide bonds. The molecular weight excluding hydrogens is 352 g/mol. The van der Waals surface area contributed by atoms with Crippen LogP contribution >= 0.6 is 0 Å². The van der Waals surface area contributed by atoms with Crippen molar-refractivity contribution < 1.29 is 28.2 Å². The van der Waals surface area contributed by atoms with Crippen molar-refractivity contribution in [3.63, 3.8) is 0 Å². The van der Waals surface area contributed by atoms with Gasteiger partial charge < -0.3 is 23.4 Å². The minimum Gasteiger partial charge on any atom is -0.497 e. The molecule has 7 heteroatoms. The van der Waals surface area contributed by atoms with E-state index in [0.29, 0.717) is 34.0 Å². The number of rotatable bonds is 6. The van der Waals surface area contributed by atoms with E-state index in [1.807, 2.05) is 0 Å². The minimum atomic E-state index is -0.505. The first-order valence-electron chi connectivity index (χ1n) is 8.11. The molecule has 0 aliphatic rings. The lowest BCUT2D eigenvalue weighted by atomic mass is 10.2. The number of benzene rings is 2. The fourth-order valence-corrected chi connectivity index (χ4v) is 2.46.